The number of nitrogens with one attached hydrogen (secondary N) is 1. The van der Waals surface area contributed by atoms with Crippen molar-refractivity contribution in [3.8, 4) is 0 Å². The molecule has 0 aromatic heterocycles. The standard InChI is InChI=1S/C11H14N2O6S/c1-7-4-5-9(13(15)16)6-10(7)20(17,18)12-8(2)11(14)19-3/h4-6,8,12H,1-3H3. The fourth-order valence-electron chi connectivity index (χ4n) is 1.51. The van der Waals surface area contributed by atoms with Crippen LogP contribution in [-0.2, 0) is 19.6 Å². The molecule has 0 saturated carbocycles. The van der Waals surface area contributed by atoms with E-state index in [0.29, 0.717) is 5.56 Å². The number of sulfonamides is 1. The number of non-ortho nitro benzene ring substituents is 1. The van der Waals surface area contributed by atoms with Crippen LogP contribution in [0.25, 0.3) is 0 Å². The van der Waals surface area contributed by atoms with E-state index in [-0.39, 0.29) is 10.6 Å². The largest absolute Gasteiger partial charge is 0.468 e. The van der Waals surface area contributed by atoms with E-state index in [9.17, 15) is 23.3 Å². The van der Waals surface area contributed by atoms with Crippen LogP contribution >= 0.6 is 0 Å². The number of esters is 1. The number of rotatable bonds is 5. The lowest BCUT2D eigenvalue weighted by Crippen LogP contribution is -2.39. The average Bonchev–Trinajstić information content (AvgIpc) is 2.37. The quantitative estimate of drug-likeness (QED) is 0.487. The summed E-state index contributed by atoms with van der Waals surface area (Å²) in [6.07, 6.45) is 0. The van der Waals surface area contributed by atoms with E-state index < -0.39 is 27.0 Å². The van der Waals surface area contributed by atoms with Gasteiger partial charge in [-0.2, -0.15) is 4.72 Å². The van der Waals surface area contributed by atoms with E-state index in [1.165, 1.54) is 26.0 Å². The number of nitro groups is 1. The van der Waals surface area contributed by atoms with Gasteiger partial charge in [-0.05, 0) is 19.4 Å². The molecule has 0 heterocycles. The molecule has 9 heteroatoms. The van der Waals surface area contributed by atoms with Crippen LogP contribution in [-0.4, -0.2) is 32.5 Å². The van der Waals surface area contributed by atoms with Gasteiger partial charge in [0.15, 0.2) is 0 Å². The van der Waals surface area contributed by atoms with Crippen molar-refractivity contribution in [2.24, 2.45) is 0 Å². The number of ether oxygens (including phenoxy) is 1. The number of nitrogens with zero attached hydrogens (tertiary/aromatic N) is 1. The van der Waals surface area contributed by atoms with Crippen molar-refractivity contribution in [2.75, 3.05) is 7.11 Å². The minimum atomic E-state index is -4.06. The fraction of sp³-hybridized carbons (Fsp3) is 0.364. The fourth-order valence-corrected chi connectivity index (χ4v) is 2.97. The molecule has 0 amide bonds. The van der Waals surface area contributed by atoms with Gasteiger partial charge in [-0.25, -0.2) is 8.42 Å². The first-order valence-corrected chi connectivity index (χ1v) is 7.02. The Labute approximate surface area is 115 Å². The van der Waals surface area contributed by atoms with Gasteiger partial charge in [-0.1, -0.05) is 6.07 Å². The maximum absolute atomic E-state index is 12.1. The Morgan fingerprint density at radius 1 is 1.45 bits per heavy atom. The van der Waals surface area contributed by atoms with Gasteiger partial charge in [-0.3, -0.25) is 14.9 Å². The maximum atomic E-state index is 12.1. The van der Waals surface area contributed by atoms with Crippen molar-refractivity contribution < 1.29 is 22.9 Å². The van der Waals surface area contributed by atoms with Crippen molar-refractivity contribution in [3.05, 3.63) is 33.9 Å². The van der Waals surface area contributed by atoms with Gasteiger partial charge in [0.25, 0.3) is 5.69 Å². The molecular weight excluding hydrogens is 288 g/mol. The summed E-state index contributed by atoms with van der Waals surface area (Å²) in [5.41, 5.74) is -0.0122. The smallest absolute Gasteiger partial charge is 0.323 e. The third-order valence-corrected chi connectivity index (χ3v) is 4.24. The van der Waals surface area contributed by atoms with Crippen LogP contribution in [0, 0.1) is 17.0 Å². The molecule has 1 rings (SSSR count). The van der Waals surface area contributed by atoms with Crippen LogP contribution in [0.4, 0.5) is 5.69 Å². The Morgan fingerprint density at radius 2 is 2.05 bits per heavy atom. The van der Waals surface area contributed by atoms with Gasteiger partial charge in [0.2, 0.25) is 10.0 Å². The zero-order valence-corrected chi connectivity index (χ0v) is 11.9. The van der Waals surface area contributed by atoms with Crippen molar-refractivity contribution in [3.63, 3.8) is 0 Å². The molecule has 0 saturated heterocycles. The second-order valence-corrected chi connectivity index (χ2v) is 5.76. The van der Waals surface area contributed by atoms with E-state index in [4.69, 9.17) is 0 Å². The Morgan fingerprint density at radius 3 is 2.55 bits per heavy atom. The maximum Gasteiger partial charge on any atom is 0.323 e. The topological polar surface area (TPSA) is 116 Å². The van der Waals surface area contributed by atoms with Crippen molar-refractivity contribution in [1.82, 2.24) is 4.72 Å². The van der Waals surface area contributed by atoms with Crippen LogP contribution < -0.4 is 4.72 Å². The number of carbonyl (C=O) groups is 1. The molecule has 0 aliphatic carbocycles. The van der Waals surface area contributed by atoms with Crippen LogP contribution in [0.2, 0.25) is 0 Å². The van der Waals surface area contributed by atoms with Gasteiger partial charge in [0, 0.05) is 12.1 Å². The summed E-state index contributed by atoms with van der Waals surface area (Å²) in [6, 6.07) is 2.39. The third-order valence-electron chi connectivity index (χ3n) is 2.56. The molecule has 20 heavy (non-hydrogen) atoms. The highest BCUT2D eigenvalue weighted by Crippen LogP contribution is 2.21. The number of aryl methyl sites for hydroxylation is 1. The Balaban J connectivity index is 3.18. The number of hydrogen-bond donors (Lipinski definition) is 1. The lowest BCUT2D eigenvalue weighted by atomic mass is 10.2. The van der Waals surface area contributed by atoms with Crippen LogP contribution in [0.1, 0.15) is 12.5 Å². The molecule has 110 valence electrons. The summed E-state index contributed by atoms with van der Waals surface area (Å²) >= 11 is 0. The third kappa shape index (κ3) is 3.52. The van der Waals surface area contributed by atoms with E-state index in [1.54, 1.807) is 0 Å². The monoisotopic (exact) mass is 302 g/mol. The highest BCUT2D eigenvalue weighted by Gasteiger charge is 2.25. The summed E-state index contributed by atoms with van der Waals surface area (Å²) in [5, 5.41) is 10.7. The number of benzene rings is 1. The predicted molar refractivity (Wildman–Crippen MR) is 69.6 cm³/mol. The predicted octanol–water partition coefficient (Wildman–Crippen LogP) is 0.743. The number of hydrogen-bond acceptors (Lipinski definition) is 6. The lowest BCUT2D eigenvalue weighted by molar-refractivity contribution is -0.385. The molecule has 0 bridgehead atoms. The minimum absolute atomic E-state index is 0.248. The van der Waals surface area contributed by atoms with Crippen LogP contribution in [0.3, 0.4) is 0 Å². The molecule has 0 radical (unpaired) electrons. The highest BCUT2D eigenvalue weighted by atomic mass is 32.2. The summed E-state index contributed by atoms with van der Waals surface area (Å²) in [6.45, 7) is 2.82. The van der Waals surface area contributed by atoms with E-state index in [1.807, 2.05) is 0 Å². The Hall–Kier alpha value is -2.00. The molecule has 1 unspecified atom stereocenters. The molecule has 8 nitrogen and oxygen atoms in total. The summed E-state index contributed by atoms with van der Waals surface area (Å²) in [7, 11) is -2.93. The molecule has 1 aromatic carbocycles. The Bertz CT molecular complexity index is 640. The van der Waals surface area contributed by atoms with Crippen LogP contribution in [0.15, 0.2) is 23.1 Å². The van der Waals surface area contributed by atoms with Crippen molar-refractivity contribution in [2.45, 2.75) is 24.8 Å². The average molecular weight is 302 g/mol. The molecule has 0 fully saturated rings. The highest BCUT2D eigenvalue weighted by molar-refractivity contribution is 7.89. The SMILES string of the molecule is COC(=O)C(C)NS(=O)(=O)c1cc([N+](=O)[O-])ccc1C. The van der Waals surface area contributed by atoms with E-state index >= 15 is 0 Å². The van der Waals surface area contributed by atoms with E-state index in [2.05, 4.69) is 9.46 Å². The van der Waals surface area contributed by atoms with E-state index in [0.717, 1.165) is 13.2 Å². The Kier molecular flexibility index (Phi) is 4.79. The first kappa shape index (κ1) is 16.1. The molecule has 1 atom stereocenters. The normalized spacial score (nSPS) is 12.8. The second kappa shape index (κ2) is 5.97. The molecule has 0 spiro atoms. The number of carbonyl (C=O) groups excluding carboxylic acids is 1. The number of nitro benzene ring substituents is 1. The van der Waals surface area contributed by atoms with Gasteiger partial charge >= 0.3 is 5.97 Å². The molecule has 1 aromatic rings. The van der Waals surface area contributed by atoms with Gasteiger partial charge in [-0.15, -0.1) is 0 Å². The van der Waals surface area contributed by atoms with Gasteiger partial charge < -0.3 is 4.74 Å². The minimum Gasteiger partial charge on any atom is -0.468 e. The van der Waals surface area contributed by atoms with Crippen molar-refractivity contribution >= 4 is 21.7 Å². The van der Waals surface area contributed by atoms with Crippen molar-refractivity contribution in [1.29, 1.82) is 0 Å². The summed E-state index contributed by atoms with van der Waals surface area (Å²) in [4.78, 5) is 21.0. The molecule has 0 aliphatic heterocycles. The molecule has 0 aliphatic rings. The molecule has 1 N–H and O–H groups in total. The first-order valence-electron chi connectivity index (χ1n) is 5.54. The van der Waals surface area contributed by atoms with Gasteiger partial charge in [0.05, 0.1) is 16.9 Å². The number of methoxy groups -OCH3 is 1. The lowest BCUT2D eigenvalue weighted by Gasteiger charge is -2.13. The first-order chi connectivity index (χ1) is 9.19. The summed E-state index contributed by atoms with van der Waals surface area (Å²) < 4.78 is 30.8. The zero-order chi connectivity index (χ0) is 15.5. The second-order valence-electron chi connectivity index (χ2n) is 4.07. The van der Waals surface area contributed by atoms with Crippen LogP contribution in [0.5, 0.6) is 0 Å². The molecular formula is C11H14N2O6S. The zero-order valence-electron chi connectivity index (χ0n) is 11.1. The van der Waals surface area contributed by atoms with Gasteiger partial charge in [0.1, 0.15) is 6.04 Å². The summed E-state index contributed by atoms with van der Waals surface area (Å²) in [5.74, 6) is -0.753.